The number of hydrogen-bond donors (Lipinski definition) is 1. The Morgan fingerprint density at radius 2 is 1.79 bits per heavy atom. The smallest absolute Gasteiger partial charge is 0.242 e. The molecular weight excluding hydrogens is 432 g/mol. The maximum Gasteiger partial charge on any atom is 0.242 e. The molecule has 1 N–H and O–H groups in total. The number of anilines is 1. The van der Waals surface area contributed by atoms with Crippen LogP contribution in [0.4, 0.5) is 5.69 Å². The highest BCUT2D eigenvalue weighted by Gasteiger charge is 2.26. The summed E-state index contributed by atoms with van der Waals surface area (Å²) in [5.41, 5.74) is 2.49. The van der Waals surface area contributed by atoms with Crippen molar-refractivity contribution in [3.63, 3.8) is 0 Å². The SMILES string of the molecule is C=CCn1c(SC(C(=O)Nc2cccc(OC)c2)c2ccccc2)nnc1-c1ccccc1. The highest BCUT2D eigenvalue weighted by Crippen LogP contribution is 2.37. The van der Waals surface area contributed by atoms with Gasteiger partial charge in [-0.05, 0) is 17.7 Å². The second-order valence-corrected chi connectivity index (χ2v) is 8.27. The zero-order valence-electron chi connectivity index (χ0n) is 18.2. The van der Waals surface area contributed by atoms with E-state index in [1.54, 1.807) is 19.3 Å². The monoisotopic (exact) mass is 456 g/mol. The van der Waals surface area contributed by atoms with E-state index in [1.165, 1.54) is 11.8 Å². The number of rotatable bonds is 9. The number of thioether (sulfide) groups is 1. The first kappa shape index (κ1) is 22.4. The van der Waals surface area contributed by atoms with Gasteiger partial charge in [0.05, 0.1) is 7.11 Å². The van der Waals surface area contributed by atoms with E-state index in [4.69, 9.17) is 4.74 Å². The molecule has 166 valence electrons. The molecule has 0 aliphatic heterocycles. The molecule has 33 heavy (non-hydrogen) atoms. The molecule has 1 aromatic heterocycles. The first-order valence-corrected chi connectivity index (χ1v) is 11.3. The van der Waals surface area contributed by atoms with Crippen LogP contribution in [0.2, 0.25) is 0 Å². The molecule has 1 atom stereocenters. The maximum absolute atomic E-state index is 13.4. The van der Waals surface area contributed by atoms with Crippen LogP contribution in [-0.4, -0.2) is 27.8 Å². The fraction of sp³-hybridized carbons (Fsp3) is 0.115. The van der Waals surface area contributed by atoms with Crippen molar-refractivity contribution in [3.05, 3.63) is 103 Å². The summed E-state index contributed by atoms with van der Waals surface area (Å²) in [4.78, 5) is 13.4. The molecule has 0 aliphatic carbocycles. The number of methoxy groups -OCH3 is 1. The molecule has 3 aromatic carbocycles. The van der Waals surface area contributed by atoms with Crippen LogP contribution in [0.25, 0.3) is 11.4 Å². The van der Waals surface area contributed by atoms with Crippen molar-refractivity contribution >= 4 is 23.4 Å². The molecule has 6 nitrogen and oxygen atoms in total. The van der Waals surface area contributed by atoms with Crippen molar-refractivity contribution in [3.8, 4) is 17.1 Å². The minimum atomic E-state index is -0.534. The number of amides is 1. The minimum absolute atomic E-state index is 0.158. The Bertz CT molecular complexity index is 1230. The lowest BCUT2D eigenvalue weighted by Crippen LogP contribution is -2.19. The highest BCUT2D eigenvalue weighted by atomic mass is 32.2. The second-order valence-electron chi connectivity index (χ2n) is 7.20. The van der Waals surface area contributed by atoms with Gasteiger partial charge in [0.25, 0.3) is 0 Å². The van der Waals surface area contributed by atoms with Crippen LogP contribution >= 0.6 is 11.8 Å². The Balaban J connectivity index is 1.67. The Morgan fingerprint density at radius 3 is 2.48 bits per heavy atom. The molecule has 1 unspecified atom stereocenters. The van der Waals surface area contributed by atoms with Crippen LogP contribution in [0.3, 0.4) is 0 Å². The molecule has 0 aliphatic rings. The normalized spacial score (nSPS) is 11.5. The average molecular weight is 457 g/mol. The fourth-order valence-corrected chi connectivity index (χ4v) is 4.43. The number of benzene rings is 3. The molecule has 1 heterocycles. The van der Waals surface area contributed by atoms with Crippen LogP contribution in [0, 0.1) is 0 Å². The Morgan fingerprint density at radius 1 is 1.06 bits per heavy atom. The zero-order chi connectivity index (χ0) is 23.0. The maximum atomic E-state index is 13.4. The van der Waals surface area contributed by atoms with E-state index in [-0.39, 0.29) is 5.91 Å². The zero-order valence-corrected chi connectivity index (χ0v) is 19.0. The predicted molar refractivity (Wildman–Crippen MR) is 132 cm³/mol. The van der Waals surface area contributed by atoms with Gasteiger partial charge in [-0.1, -0.05) is 84.6 Å². The van der Waals surface area contributed by atoms with Crippen LogP contribution in [-0.2, 0) is 11.3 Å². The summed E-state index contributed by atoms with van der Waals surface area (Å²) >= 11 is 1.36. The third kappa shape index (κ3) is 5.32. The molecule has 1 amide bonds. The van der Waals surface area contributed by atoms with Crippen LogP contribution < -0.4 is 10.1 Å². The van der Waals surface area contributed by atoms with E-state index in [2.05, 4.69) is 22.1 Å². The van der Waals surface area contributed by atoms with Crippen molar-refractivity contribution < 1.29 is 9.53 Å². The summed E-state index contributed by atoms with van der Waals surface area (Å²) in [6.07, 6.45) is 1.80. The number of carbonyl (C=O) groups is 1. The Labute approximate surface area is 197 Å². The summed E-state index contributed by atoms with van der Waals surface area (Å²) in [6, 6.07) is 26.8. The lowest BCUT2D eigenvalue weighted by atomic mass is 10.1. The molecule has 0 bridgehead atoms. The van der Waals surface area contributed by atoms with Crippen molar-refractivity contribution in [1.29, 1.82) is 0 Å². The Kier molecular flexibility index (Phi) is 7.22. The van der Waals surface area contributed by atoms with E-state index in [1.807, 2.05) is 83.4 Å². The largest absolute Gasteiger partial charge is 0.497 e. The highest BCUT2D eigenvalue weighted by molar-refractivity contribution is 8.00. The van der Waals surface area contributed by atoms with Crippen LogP contribution in [0.1, 0.15) is 10.8 Å². The fourth-order valence-electron chi connectivity index (χ4n) is 3.39. The van der Waals surface area contributed by atoms with Crippen molar-refractivity contribution in [2.75, 3.05) is 12.4 Å². The molecule has 0 saturated carbocycles. The van der Waals surface area contributed by atoms with E-state index in [0.717, 1.165) is 17.0 Å². The minimum Gasteiger partial charge on any atom is -0.497 e. The summed E-state index contributed by atoms with van der Waals surface area (Å²) in [6.45, 7) is 4.41. The van der Waals surface area contributed by atoms with Gasteiger partial charge in [-0.15, -0.1) is 16.8 Å². The lowest BCUT2D eigenvalue weighted by Gasteiger charge is -2.17. The number of aromatic nitrogens is 3. The number of nitrogens with zero attached hydrogens (tertiary/aromatic N) is 3. The molecule has 4 rings (SSSR count). The van der Waals surface area contributed by atoms with Crippen molar-refractivity contribution in [2.24, 2.45) is 0 Å². The first-order valence-electron chi connectivity index (χ1n) is 10.5. The first-order chi connectivity index (χ1) is 16.2. The van der Waals surface area contributed by atoms with Gasteiger partial charge in [-0.25, -0.2) is 0 Å². The van der Waals surface area contributed by atoms with Crippen molar-refractivity contribution in [2.45, 2.75) is 17.0 Å². The molecule has 7 heteroatoms. The van der Waals surface area contributed by atoms with Gasteiger partial charge in [0.1, 0.15) is 11.0 Å². The number of allylic oxidation sites excluding steroid dienone is 1. The lowest BCUT2D eigenvalue weighted by molar-refractivity contribution is -0.115. The van der Waals surface area contributed by atoms with E-state index >= 15 is 0 Å². The third-order valence-electron chi connectivity index (χ3n) is 4.96. The van der Waals surface area contributed by atoms with Crippen LogP contribution in [0.5, 0.6) is 5.75 Å². The van der Waals surface area contributed by atoms with Gasteiger partial charge in [0, 0.05) is 23.9 Å². The standard InChI is InChI=1S/C26H24N4O2S/c1-3-17-30-24(20-13-8-5-9-14-20)28-29-26(30)33-23(19-11-6-4-7-12-19)25(31)27-21-15-10-16-22(18-21)32-2/h3-16,18,23H,1,17H2,2H3,(H,27,31). The van der Waals surface area contributed by atoms with Crippen LogP contribution in [0.15, 0.2) is 103 Å². The molecule has 0 saturated heterocycles. The van der Waals surface area contributed by atoms with Gasteiger partial charge < -0.3 is 10.1 Å². The van der Waals surface area contributed by atoms with E-state index in [0.29, 0.717) is 23.1 Å². The van der Waals surface area contributed by atoms with Crippen molar-refractivity contribution in [1.82, 2.24) is 14.8 Å². The van der Waals surface area contributed by atoms with Gasteiger partial charge in [0.15, 0.2) is 11.0 Å². The number of ether oxygens (including phenoxy) is 1. The second kappa shape index (κ2) is 10.7. The topological polar surface area (TPSA) is 69.0 Å². The number of nitrogens with one attached hydrogen (secondary N) is 1. The molecule has 0 radical (unpaired) electrons. The van der Waals surface area contributed by atoms with Gasteiger partial charge >= 0.3 is 0 Å². The van der Waals surface area contributed by atoms with E-state index in [9.17, 15) is 4.79 Å². The Hall–Kier alpha value is -3.84. The predicted octanol–water partition coefficient (Wildman–Crippen LogP) is 5.61. The molecule has 0 spiro atoms. The van der Waals surface area contributed by atoms with Gasteiger partial charge in [0.2, 0.25) is 5.91 Å². The third-order valence-corrected chi connectivity index (χ3v) is 6.20. The quantitative estimate of drug-likeness (QED) is 0.262. The van der Waals surface area contributed by atoms with Gasteiger partial charge in [-0.2, -0.15) is 0 Å². The summed E-state index contributed by atoms with van der Waals surface area (Å²) in [5, 5.41) is 12.0. The number of carbonyl (C=O) groups excluding carboxylic acids is 1. The summed E-state index contributed by atoms with van der Waals surface area (Å²) in [7, 11) is 1.60. The van der Waals surface area contributed by atoms with E-state index < -0.39 is 5.25 Å². The molecule has 0 fully saturated rings. The van der Waals surface area contributed by atoms with Gasteiger partial charge in [-0.3, -0.25) is 9.36 Å². The average Bonchev–Trinajstić information content (AvgIpc) is 3.26. The molecule has 4 aromatic rings. The number of hydrogen-bond acceptors (Lipinski definition) is 5. The summed E-state index contributed by atoms with van der Waals surface area (Å²) in [5.74, 6) is 1.25. The molecular formula is C26H24N4O2S. The summed E-state index contributed by atoms with van der Waals surface area (Å²) < 4.78 is 7.25.